The minimum Gasteiger partial charge on any atom is -0.338 e. The quantitative estimate of drug-likeness (QED) is 0.781. The van der Waals surface area contributed by atoms with Crippen LogP contribution in [0.25, 0.3) is 11.4 Å². The van der Waals surface area contributed by atoms with Crippen LogP contribution in [0.5, 0.6) is 0 Å². The molecule has 1 aromatic heterocycles. The zero-order chi connectivity index (χ0) is 17.9. The zero-order valence-electron chi connectivity index (χ0n) is 14.7. The lowest BCUT2D eigenvalue weighted by molar-refractivity contribution is 0.135. The molecule has 6 heteroatoms. The lowest BCUT2D eigenvalue weighted by Crippen LogP contribution is -2.45. The summed E-state index contributed by atoms with van der Waals surface area (Å²) in [6.45, 7) is 5.06. The van der Waals surface area contributed by atoms with E-state index in [1.54, 1.807) is 12.1 Å². The van der Waals surface area contributed by atoms with E-state index in [2.05, 4.69) is 20.4 Å². The fourth-order valence-electron chi connectivity index (χ4n) is 3.37. The minimum atomic E-state index is -0.215. The molecule has 0 saturated carbocycles. The minimum absolute atomic E-state index is 0.0776. The van der Waals surface area contributed by atoms with Gasteiger partial charge >= 0.3 is 0 Å². The first-order valence-corrected chi connectivity index (χ1v) is 8.79. The number of rotatable bonds is 4. The molecule has 0 aliphatic carbocycles. The van der Waals surface area contributed by atoms with Gasteiger partial charge in [-0.3, -0.25) is 4.90 Å². The van der Waals surface area contributed by atoms with Gasteiger partial charge in [-0.15, -0.1) is 0 Å². The maximum atomic E-state index is 13.6. The van der Waals surface area contributed by atoms with Gasteiger partial charge in [0.15, 0.2) is 0 Å². The largest absolute Gasteiger partial charge is 0.338 e. The second-order valence-corrected chi connectivity index (χ2v) is 6.63. The van der Waals surface area contributed by atoms with Crippen molar-refractivity contribution in [3.05, 3.63) is 71.4 Å². The molecule has 0 amide bonds. The Hall–Kier alpha value is -2.57. The Labute approximate surface area is 151 Å². The third kappa shape index (κ3) is 3.66. The van der Waals surface area contributed by atoms with E-state index in [9.17, 15) is 4.39 Å². The topological polar surface area (TPSA) is 54.2 Å². The molecule has 4 rings (SSSR count). The maximum absolute atomic E-state index is 13.6. The molecule has 0 bridgehead atoms. The summed E-state index contributed by atoms with van der Waals surface area (Å²) in [5, 5.41) is 7.49. The van der Waals surface area contributed by atoms with Crippen LogP contribution in [-0.2, 0) is 6.54 Å². The first-order valence-electron chi connectivity index (χ1n) is 8.79. The molecule has 5 nitrogen and oxygen atoms in total. The smallest absolute Gasteiger partial charge is 0.241 e. The van der Waals surface area contributed by atoms with Crippen LogP contribution in [0.2, 0.25) is 0 Å². The van der Waals surface area contributed by atoms with Gasteiger partial charge in [0, 0.05) is 31.2 Å². The highest BCUT2D eigenvalue weighted by Gasteiger charge is 2.26. The normalized spacial score (nSPS) is 18.2. The van der Waals surface area contributed by atoms with Crippen LogP contribution in [0.3, 0.4) is 0 Å². The summed E-state index contributed by atoms with van der Waals surface area (Å²) in [7, 11) is 0. The fourth-order valence-corrected chi connectivity index (χ4v) is 3.37. The van der Waals surface area contributed by atoms with E-state index in [1.807, 2.05) is 37.3 Å². The average Bonchev–Trinajstić information content (AvgIpc) is 3.11. The molecule has 1 atom stereocenters. The van der Waals surface area contributed by atoms with E-state index < -0.39 is 0 Å². The van der Waals surface area contributed by atoms with E-state index in [0.717, 1.165) is 36.3 Å². The standard InChI is InChI=1S/C20H21FN4O/c1-14-4-2-6-16(10-14)20-23-19(26-24-20)13-25-9-8-22-12-18(25)15-5-3-7-17(21)11-15/h2-7,10-11,18,22H,8-9,12-13H2,1H3. The SMILES string of the molecule is Cc1cccc(-c2noc(CN3CCNCC3c3cccc(F)c3)n2)c1. The Bertz CT molecular complexity index is 895. The van der Waals surface area contributed by atoms with Gasteiger partial charge in [0.2, 0.25) is 11.7 Å². The molecule has 1 fully saturated rings. The number of piperazine rings is 1. The highest BCUT2D eigenvalue weighted by atomic mass is 19.1. The molecule has 134 valence electrons. The summed E-state index contributed by atoms with van der Waals surface area (Å²) in [6, 6.07) is 14.9. The van der Waals surface area contributed by atoms with Gasteiger partial charge in [-0.2, -0.15) is 4.98 Å². The van der Waals surface area contributed by atoms with Crippen LogP contribution in [0.15, 0.2) is 53.1 Å². The van der Waals surface area contributed by atoms with Crippen molar-refractivity contribution < 1.29 is 8.91 Å². The van der Waals surface area contributed by atoms with E-state index in [0.29, 0.717) is 18.3 Å². The molecule has 0 radical (unpaired) electrons. The summed E-state index contributed by atoms with van der Waals surface area (Å²) >= 11 is 0. The van der Waals surface area contributed by atoms with Crippen LogP contribution in [-0.4, -0.2) is 34.7 Å². The van der Waals surface area contributed by atoms with Crippen molar-refractivity contribution in [1.82, 2.24) is 20.4 Å². The Morgan fingerprint density at radius 2 is 2.12 bits per heavy atom. The number of hydrogen-bond acceptors (Lipinski definition) is 5. The molecular weight excluding hydrogens is 331 g/mol. The second-order valence-electron chi connectivity index (χ2n) is 6.63. The number of aryl methyl sites for hydroxylation is 1. The summed E-state index contributed by atoms with van der Waals surface area (Å²) in [5.41, 5.74) is 3.06. The van der Waals surface area contributed by atoms with Crippen molar-refractivity contribution in [2.45, 2.75) is 19.5 Å². The molecule has 1 aliphatic rings. The number of nitrogens with zero attached hydrogens (tertiary/aromatic N) is 3. The van der Waals surface area contributed by atoms with Crippen molar-refractivity contribution in [1.29, 1.82) is 0 Å². The van der Waals surface area contributed by atoms with Gasteiger partial charge in [0.05, 0.1) is 6.54 Å². The van der Waals surface area contributed by atoms with Crippen molar-refractivity contribution in [2.75, 3.05) is 19.6 Å². The van der Waals surface area contributed by atoms with Gasteiger partial charge in [-0.05, 0) is 30.7 Å². The van der Waals surface area contributed by atoms with Gasteiger partial charge in [0.25, 0.3) is 0 Å². The van der Waals surface area contributed by atoms with Crippen molar-refractivity contribution in [3.63, 3.8) is 0 Å². The molecule has 3 aromatic rings. The molecule has 1 saturated heterocycles. The summed E-state index contributed by atoms with van der Waals surface area (Å²) in [5.74, 6) is 0.957. The molecule has 2 aromatic carbocycles. The number of aromatic nitrogens is 2. The third-order valence-corrected chi connectivity index (χ3v) is 4.67. The van der Waals surface area contributed by atoms with Crippen molar-refractivity contribution in [2.24, 2.45) is 0 Å². The monoisotopic (exact) mass is 352 g/mol. The number of benzene rings is 2. The van der Waals surface area contributed by atoms with E-state index in [1.165, 1.54) is 6.07 Å². The third-order valence-electron chi connectivity index (χ3n) is 4.67. The van der Waals surface area contributed by atoms with Crippen LogP contribution >= 0.6 is 0 Å². The van der Waals surface area contributed by atoms with Gasteiger partial charge in [-0.1, -0.05) is 41.1 Å². The Morgan fingerprint density at radius 3 is 2.96 bits per heavy atom. The van der Waals surface area contributed by atoms with Crippen LogP contribution in [0.4, 0.5) is 4.39 Å². The average molecular weight is 352 g/mol. The first-order chi connectivity index (χ1) is 12.7. The van der Waals surface area contributed by atoms with E-state index >= 15 is 0 Å². The molecule has 1 aliphatic heterocycles. The Kier molecular flexibility index (Phi) is 4.77. The van der Waals surface area contributed by atoms with Crippen molar-refractivity contribution >= 4 is 0 Å². The molecule has 1 N–H and O–H groups in total. The molecule has 26 heavy (non-hydrogen) atoms. The number of nitrogens with one attached hydrogen (secondary N) is 1. The predicted octanol–water partition coefficient (Wildman–Crippen LogP) is 3.33. The lowest BCUT2D eigenvalue weighted by Gasteiger charge is -2.35. The van der Waals surface area contributed by atoms with Crippen LogP contribution in [0.1, 0.15) is 23.1 Å². The summed E-state index contributed by atoms with van der Waals surface area (Å²) < 4.78 is 19.1. The number of hydrogen-bond donors (Lipinski definition) is 1. The predicted molar refractivity (Wildman–Crippen MR) is 96.9 cm³/mol. The van der Waals surface area contributed by atoms with Gasteiger partial charge < -0.3 is 9.84 Å². The summed E-state index contributed by atoms with van der Waals surface area (Å²) in [6.07, 6.45) is 0. The first kappa shape index (κ1) is 16.9. The Balaban J connectivity index is 1.54. The fraction of sp³-hybridized carbons (Fsp3) is 0.300. The molecular formula is C20H21FN4O. The van der Waals surface area contributed by atoms with Gasteiger partial charge in [0.1, 0.15) is 5.82 Å². The number of halogens is 1. The molecule has 1 unspecified atom stereocenters. The highest BCUT2D eigenvalue weighted by Crippen LogP contribution is 2.25. The summed E-state index contributed by atoms with van der Waals surface area (Å²) in [4.78, 5) is 6.80. The van der Waals surface area contributed by atoms with Crippen molar-refractivity contribution in [3.8, 4) is 11.4 Å². The molecule has 2 heterocycles. The van der Waals surface area contributed by atoms with Crippen LogP contribution in [0, 0.1) is 12.7 Å². The second kappa shape index (κ2) is 7.35. The highest BCUT2D eigenvalue weighted by molar-refractivity contribution is 5.55. The van der Waals surface area contributed by atoms with Gasteiger partial charge in [-0.25, -0.2) is 4.39 Å². The molecule has 0 spiro atoms. The maximum Gasteiger partial charge on any atom is 0.241 e. The van der Waals surface area contributed by atoms with E-state index in [4.69, 9.17) is 4.52 Å². The Morgan fingerprint density at radius 1 is 1.23 bits per heavy atom. The zero-order valence-corrected chi connectivity index (χ0v) is 14.7. The van der Waals surface area contributed by atoms with Crippen LogP contribution < -0.4 is 5.32 Å². The lowest BCUT2D eigenvalue weighted by atomic mass is 10.0. The van der Waals surface area contributed by atoms with E-state index in [-0.39, 0.29) is 11.9 Å².